The van der Waals surface area contributed by atoms with Gasteiger partial charge in [0.25, 0.3) is 5.91 Å². The number of nitrogens with two attached hydrogens (primary N) is 2. The minimum Gasteiger partial charge on any atom is -0.347 e. The zero-order valence-electron chi connectivity index (χ0n) is 17.2. The molecule has 6 nitrogen and oxygen atoms in total. The van der Waals surface area contributed by atoms with Gasteiger partial charge in [-0.05, 0) is 93.9 Å². The Balaban J connectivity index is 1.37. The second kappa shape index (κ2) is 8.44. The molecule has 0 aromatic heterocycles. The Morgan fingerprint density at radius 2 is 1.72 bits per heavy atom. The Hall–Kier alpha value is -1.92. The van der Waals surface area contributed by atoms with Crippen molar-refractivity contribution in [2.24, 2.45) is 29.2 Å². The molecule has 0 saturated heterocycles. The fraction of sp³-hybridized carbons (Fsp3) is 0.652. The highest BCUT2D eigenvalue weighted by atomic mass is 16.2. The number of carbonyl (C=O) groups excluding carboxylic acids is 2. The van der Waals surface area contributed by atoms with Crippen LogP contribution < -0.4 is 22.1 Å². The zero-order chi connectivity index (χ0) is 20.4. The summed E-state index contributed by atoms with van der Waals surface area (Å²) < 4.78 is 0. The molecule has 0 unspecified atom stereocenters. The van der Waals surface area contributed by atoms with Gasteiger partial charge in [0.2, 0.25) is 5.91 Å². The van der Waals surface area contributed by atoms with Crippen LogP contribution in [0.15, 0.2) is 24.3 Å². The van der Waals surface area contributed by atoms with E-state index in [2.05, 4.69) is 10.6 Å². The van der Waals surface area contributed by atoms with E-state index in [9.17, 15) is 9.59 Å². The van der Waals surface area contributed by atoms with E-state index in [1.165, 1.54) is 19.3 Å². The lowest BCUT2D eigenvalue weighted by Gasteiger charge is -2.56. The molecule has 4 saturated carbocycles. The first kappa shape index (κ1) is 20.4. The molecule has 0 radical (unpaired) electrons. The summed E-state index contributed by atoms with van der Waals surface area (Å²) in [4.78, 5) is 25.3. The quantitative estimate of drug-likeness (QED) is 0.505. The lowest BCUT2D eigenvalue weighted by Crippen LogP contribution is -2.59. The highest BCUT2D eigenvalue weighted by molar-refractivity contribution is 5.98. The largest absolute Gasteiger partial charge is 0.347 e. The van der Waals surface area contributed by atoms with Crippen molar-refractivity contribution in [3.8, 4) is 0 Å². The van der Waals surface area contributed by atoms with Crippen molar-refractivity contribution in [1.82, 2.24) is 5.32 Å². The van der Waals surface area contributed by atoms with E-state index >= 15 is 0 Å². The molecule has 6 N–H and O–H groups in total. The van der Waals surface area contributed by atoms with Gasteiger partial charge < -0.3 is 22.1 Å². The van der Waals surface area contributed by atoms with Crippen LogP contribution in [-0.4, -0.2) is 29.9 Å². The van der Waals surface area contributed by atoms with Crippen LogP contribution in [0.4, 0.5) is 5.69 Å². The van der Waals surface area contributed by atoms with E-state index in [-0.39, 0.29) is 17.4 Å². The smallest absolute Gasteiger partial charge is 0.251 e. The van der Waals surface area contributed by atoms with Crippen LogP contribution in [-0.2, 0) is 4.79 Å². The fourth-order valence-electron chi connectivity index (χ4n) is 6.19. The Kier molecular flexibility index (Phi) is 5.93. The van der Waals surface area contributed by atoms with Crippen molar-refractivity contribution >= 4 is 17.5 Å². The molecule has 4 aliphatic carbocycles. The summed E-state index contributed by atoms with van der Waals surface area (Å²) in [7, 11) is 0. The van der Waals surface area contributed by atoms with Crippen molar-refractivity contribution in [2.75, 3.05) is 11.9 Å². The number of nitrogens with one attached hydrogen (secondary N) is 2. The van der Waals surface area contributed by atoms with Gasteiger partial charge in [0.05, 0.1) is 6.04 Å². The number of benzene rings is 1. The first-order chi connectivity index (χ1) is 14.0. The van der Waals surface area contributed by atoms with Gasteiger partial charge in [-0.1, -0.05) is 12.5 Å². The number of amides is 2. The van der Waals surface area contributed by atoms with E-state index < -0.39 is 6.04 Å². The third-order valence-corrected chi connectivity index (χ3v) is 7.12. The summed E-state index contributed by atoms with van der Waals surface area (Å²) in [5.74, 6) is 2.10. The standard InChI is InChI=1S/C23H34N4O2/c24-7-2-1-6-20(25)22(29)26-19-5-3-4-18(11-19)21(28)27-23-12-15-8-16(13-23)10-17(9-15)14-23/h3-5,11,15-17,20H,1-2,6-10,12-14,24-25H2,(H,26,29)(H,27,28)/t15?,16?,17?,20-,23?/m1/s1. The Morgan fingerprint density at radius 3 is 2.34 bits per heavy atom. The van der Waals surface area contributed by atoms with Gasteiger partial charge >= 0.3 is 0 Å². The second-order valence-electron chi connectivity index (χ2n) is 9.61. The van der Waals surface area contributed by atoms with Crippen LogP contribution in [0.2, 0.25) is 0 Å². The third kappa shape index (κ3) is 4.64. The highest BCUT2D eigenvalue weighted by Gasteiger charge is 2.51. The molecule has 4 aliphatic rings. The molecule has 0 spiro atoms. The molecule has 0 aliphatic heterocycles. The van der Waals surface area contributed by atoms with Crippen LogP contribution in [0.3, 0.4) is 0 Å². The monoisotopic (exact) mass is 398 g/mol. The summed E-state index contributed by atoms with van der Waals surface area (Å²) in [6, 6.07) is 6.61. The van der Waals surface area contributed by atoms with Gasteiger partial charge in [-0.25, -0.2) is 0 Å². The summed E-state index contributed by atoms with van der Waals surface area (Å²) in [6.45, 7) is 0.606. The van der Waals surface area contributed by atoms with E-state index in [4.69, 9.17) is 11.5 Å². The molecule has 1 atom stereocenters. The molecule has 1 aromatic carbocycles. The summed E-state index contributed by atoms with van der Waals surface area (Å²) in [5.41, 5.74) is 12.6. The van der Waals surface area contributed by atoms with Gasteiger partial charge in [-0.2, -0.15) is 0 Å². The van der Waals surface area contributed by atoms with Gasteiger partial charge in [-0.3, -0.25) is 9.59 Å². The minimum atomic E-state index is -0.564. The van der Waals surface area contributed by atoms with Gasteiger partial charge in [0, 0.05) is 16.8 Å². The minimum absolute atomic E-state index is 0.0174. The van der Waals surface area contributed by atoms with Gasteiger partial charge in [0.1, 0.15) is 0 Å². The van der Waals surface area contributed by atoms with E-state index in [1.54, 1.807) is 12.1 Å². The summed E-state index contributed by atoms with van der Waals surface area (Å²) in [6.07, 6.45) is 9.72. The number of hydrogen-bond acceptors (Lipinski definition) is 4. The van der Waals surface area contributed by atoms with Crippen LogP contribution in [0.5, 0.6) is 0 Å². The molecule has 4 fully saturated rings. The number of rotatable bonds is 8. The fourth-order valence-corrected chi connectivity index (χ4v) is 6.19. The molecule has 2 amide bonds. The molecule has 158 valence electrons. The third-order valence-electron chi connectivity index (χ3n) is 7.12. The SMILES string of the molecule is NCCCC[C@@H](N)C(=O)Nc1cccc(C(=O)NC23CC4CC(CC(C4)C2)C3)c1. The van der Waals surface area contributed by atoms with Crippen molar-refractivity contribution in [1.29, 1.82) is 0 Å². The highest BCUT2D eigenvalue weighted by Crippen LogP contribution is 2.55. The van der Waals surface area contributed by atoms with Gasteiger partial charge in [0.15, 0.2) is 0 Å². The molecule has 6 heteroatoms. The zero-order valence-corrected chi connectivity index (χ0v) is 17.2. The second-order valence-corrected chi connectivity index (χ2v) is 9.61. The van der Waals surface area contributed by atoms with E-state index in [0.29, 0.717) is 24.2 Å². The normalized spacial score (nSPS) is 30.8. The molecule has 0 heterocycles. The number of hydrogen-bond donors (Lipinski definition) is 4. The average molecular weight is 399 g/mol. The van der Waals surface area contributed by atoms with Crippen LogP contribution in [0.1, 0.15) is 68.1 Å². The molecule has 1 aromatic rings. The van der Waals surface area contributed by atoms with Crippen LogP contribution in [0, 0.1) is 17.8 Å². The predicted molar refractivity (Wildman–Crippen MR) is 114 cm³/mol. The Labute approximate surface area is 173 Å². The Morgan fingerprint density at radius 1 is 1.07 bits per heavy atom. The Bertz CT molecular complexity index is 728. The van der Waals surface area contributed by atoms with Crippen LogP contribution >= 0.6 is 0 Å². The van der Waals surface area contributed by atoms with Crippen molar-refractivity contribution < 1.29 is 9.59 Å². The number of anilines is 1. The average Bonchev–Trinajstić information content (AvgIpc) is 2.67. The first-order valence-corrected chi connectivity index (χ1v) is 11.2. The van der Waals surface area contributed by atoms with E-state index in [1.807, 2.05) is 12.1 Å². The molecular weight excluding hydrogens is 364 g/mol. The lowest BCUT2D eigenvalue weighted by atomic mass is 9.53. The molecule has 29 heavy (non-hydrogen) atoms. The maximum absolute atomic E-state index is 13.0. The molecule has 5 rings (SSSR count). The number of carbonyl (C=O) groups is 2. The lowest BCUT2D eigenvalue weighted by molar-refractivity contribution is -0.117. The van der Waals surface area contributed by atoms with Gasteiger partial charge in [-0.15, -0.1) is 0 Å². The number of unbranched alkanes of at least 4 members (excludes halogenated alkanes) is 1. The van der Waals surface area contributed by atoms with Crippen molar-refractivity contribution in [3.63, 3.8) is 0 Å². The van der Waals surface area contributed by atoms with E-state index in [0.717, 1.165) is 49.9 Å². The topological polar surface area (TPSA) is 110 Å². The summed E-state index contributed by atoms with van der Waals surface area (Å²) >= 11 is 0. The summed E-state index contributed by atoms with van der Waals surface area (Å²) in [5, 5.41) is 6.24. The predicted octanol–water partition coefficient (Wildman–Crippen LogP) is 2.78. The van der Waals surface area contributed by atoms with Crippen molar-refractivity contribution in [2.45, 2.75) is 69.4 Å². The first-order valence-electron chi connectivity index (χ1n) is 11.2. The maximum Gasteiger partial charge on any atom is 0.251 e. The maximum atomic E-state index is 13.0. The van der Waals surface area contributed by atoms with Crippen LogP contribution in [0.25, 0.3) is 0 Å². The molecule has 4 bridgehead atoms. The molecular formula is C23H34N4O2. The van der Waals surface area contributed by atoms with Crippen molar-refractivity contribution in [3.05, 3.63) is 29.8 Å².